The summed E-state index contributed by atoms with van der Waals surface area (Å²) in [5.74, 6) is -0.0463. The van der Waals surface area contributed by atoms with Gasteiger partial charge in [0.2, 0.25) is 0 Å². The maximum atomic E-state index is 12.6. The zero-order valence-electron chi connectivity index (χ0n) is 16.9. The molecule has 0 radical (unpaired) electrons. The molecule has 1 aromatic heterocycles. The molecule has 4 rings (SSSR count). The first-order chi connectivity index (χ1) is 14.2. The van der Waals surface area contributed by atoms with Crippen LogP contribution in [0.4, 0.5) is 4.79 Å². The van der Waals surface area contributed by atoms with Gasteiger partial charge in [-0.05, 0) is 86.5 Å². The zero-order valence-corrected chi connectivity index (χ0v) is 19.9. The first kappa shape index (κ1) is 21.2. The molecule has 1 saturated carbocycles. The zero-order chi connectivity index (χ0) is 21.5. The maximum absolute atomic E-state index is 12.6. The van der Waals surface area contributed by atoms with Crippen LogP contribution in [0.3, 0.4) is 0 Å². The Kier molecular flexibility index (Phi) is 5.80. The lowest BCUT2D eigenvalue weighted by Crippen LogP contribution is -2.27. The van der Waals surface area contributed by atoms with Gasteiger partial charge in [0.15, 0.2) is 0 Å². The van der Waals surface area contributed by atoms with E-state index in [9.17, 15) is 9.59 Å². The molecule has 0 aliphatic heterocycles. The summed E-state index contributed by atoms with van der Waals surface area (Å²) in [6.07, 6.45) is 1.58. The van der Waals surface area contributed by atoms with E-state index in [0.717, 1.165) is 31.7 Å². The third-order valence-electron chi connectivity index (χ3n) is 4.45. The van der Waals surface area contributed by atoms with Crippen molar-refractivity contribution < 1.29 is 14.3 Å². The van der Waals surface area contributed by atoms with E-state index in [2.05, 4.69) is 33.0 Å². The van der Waals surface area contributed by atoms with Crippen molar-refractivity contribution in [2.45, 2.75) is 55.0 Å². The van der Waals surface area contributed by atoms with Crippen LogP contribution in [0.2, 0.25) is 0 Å². The fourth-order valence-corrected chi connectivity index (χ4v) is 4.58. The summed E-state index contributed by atoms with van der Waals surface area (Å²) < 4.78 is 7.53. The fraction of sp³-hybridized carbons (Fsp3) is 0.318. The largest absolute Gasteiger partial charge is 0.442 e. The minimum Gasteiger partial charge on any atom is -0.442 e. The number of halogens is 1. The average molecular weight is 535 g/mol. The van der Waals surface area contributed by atoms with E-state index in [1.54, 1.807) is 0 Å². The second-order valence-electron chi connectivity index (χ2n) is 8.21. The topological polar surface area (TPSA) is 73.2 Å². The average Bonchev–Trinajstić information content (AvgIpc) is 3.42. The number of aromatic nitrogens is 2. The molecule has 1 amide bonds. The lowest BCUT2D eigenvalue weighted by molar-refractivity contribution is 0.0522. The first-order valence-electron chi connectivity index (χ1n) is 9.71. The quantitative estimate of drug-likeness (QED) is 0.449. The molecule has 0 saturated heterocycles. The predicted octanol–water partition coefficient (Wildman–Crippen LogP) is 5.47. The van der Waals surface area contributed by atoms with Gasteiger partial charge in [-0.15, -0.1) is 0 Å². The Morgan fingerprint density at radius 3 is 2.63 bits per heavy atom. The summed E-state index contributed by atoms with van der Waals surface area (Å²) in [5.41, 5.74) is 0.726. The lowest BCUT2D eigenvalue weighted by Gasteiger charge is -2.19. The van der Waals surface area contributed by atoms with Crippen molar-refractivity contribution in [3.05, 3.63) is 51.7 Å². The van der Waals surface area contributed by atoms with Crippen molar-refractivity contribution in [1.82, 2.24) is 15.1 Å². The van der Waals surface area contributed by atoms with Crippen molar-refractivity contribution in [3.63, 3.8) is 0 Å². The van der Waals surface area contributed by atoms with E-state index in [1.165, 1.54) is 16.4 Å². The summed E-state index contributed by atoms with van der Waals surface area (Å²) in [7, 11) is 0. The van der Waals surface area contributed by atoms with Gasteiger partial charge < -0.3 is 10.1 Å². The van der Waals surface area contributed by atoms with Crippen LogP contribution in [-0.4, -0.2) is 33.4 Å². The second-order valence-corrected chi connectivity index (χ2v) is 10.3. The Morgan fingerprint density at radius 2 is 1.93 bits per heavy atom. The fourth-order valence-electron chi connectivity index (χ4n) is 2.93. The summed E-state index contributed by atoms with van der Waals surface area (Å²) in [5, 5.41) is 8.29. The maximum Gasteiger partial charge on any atom is 0.435 e. The summed E-state index contributed by atoms with van der Waals surface area (Å²) >= 11 is 3.61. The number of benzene rings is 2. The number of hydrogen-bond acceptors (Lipinski definition) is 5. The highest BCUT2D eigenvalue weighted by Gasteiger charge is 2.25. The van der Waals surface area contributed by atoms with Crippen molar-refractivity contribution >= 4 is 57.3 Å². The minimum atomic E-state index is -0.610. The highest BCUT2D eigenvalue weighted by atomic mass is 127. The van der Waals surface area contributed by atoms with Gasteiger partial charge in [-0.25, -0.2) is 4.79 Å². The van der Waals surface area contributed by atoms with Crippen molar-refractivity contribution in [3.8, 4) is 0 Å². The standard InChI is InChI=1S/C22H22IN3O3S/c1-22(2,3)29-21(28)26-17-12-14(10-11-15(17)19(23)25-26)30-18-7-5-4-6-16(18)20(27)24-13-8-9-13/h4-7,10-13H,8-9H2,1-3H3,(H,24,27). The highest BCUT2D eigenvalue weighted by Crippen LogP contribution is 2.34. The number of ether oxygens (including phenoxy) is 1. The molecule has 8 heteroatoms. The predicted molar refractivity (Wildman–Crippen MR) is 125 cm³/mol. The van der Waals surface area contributed by atoms with Gasteiger partial charge in [-0.2, -0.15) is 9.78 Å². The molecule has 0 spiro atoms. The van der Waals surface area contributed by atoms with Gasteiger partial charge >= 0.3 is 6.09 Å². The number of hydrogen-bond donors (Lipinski definition) is 1. The molecule has 1 aliphatic rings. The number of carbonyl (C=O) groups excluding carboxylic acids is 2. The molecule has 1 heterocycles. The smallest absolute Gasteiger partial charge is 0.435 e. The number of fused-ring (bicyclic) bond motifs is 1. The Morgan fingerprint density at radius 1 is 1.20 bits per heavy atom. The summed E-state index contributed by atoms with van der Waals surface area (Å²) in [6.45, 7) is 5.48. The van der Waals surface area contributed by atoms with Gasteiger partial charge in [0.1, 0.15) is 9.30 Å². The molecule has 0 bridgehead atoms. The molecule has 30 heavy (non-hydrogen) atoms. The monoisotopic (exact) mass is 535 g/mol. The van der Waals surface area contributed by atoms with Gasteiger partial charge in [-0.3, -0.25) is 4.79 Å². The lowest BCUT2D eigenvalue weighted by atomic mass is 10.2. The van der Waals surface area contributed by atoms with Crippen molar-refractivity contribution in [2.75, 3.05) is 0 Å². The first-order valence-corrected chi connectivity index (χ1v) is 11.6. The van der Waals surface area contributed by atoms with E-state index in [-0.39, 0.29) is 5.91 Å². The number of carbonyl (C=O) groups is 2. The van der Waals surface area contributed by atoms with Crippen LogP contribution >= 0.6 is 34.4 Å². The van der Waals surface area contributed by atoms with Crippen LogP contribution in [0.15, 0.2) is 52.3 Å². The SMILES string of the molecule is CC(C)(C)OC(=O)n1nc(I)c2ccc(Sc3ccccc3C(=O)NC3CC3)cc21. The number of nitrogens with one attached hydrogen (secondary N) is 1. The molecule has 1 N–H and O–H groups in total. The van der Waals surface area contributed by atoms with Crippen LogP contribution in [0, 0.1) is 3.70 Å². The molecule has 3 aromatic rings. The van der Waals surface area contributed by atoms with Crippen LogP contribution < -0.4 is 5.32 Å². The summed E-state index contributed by atoms with van der Waals surface area (Å²) in [4.78, 5) is 27.0. The number of rotatable bonds is 4. The third kappa shape index (κ3) is 4.80. The molecule has 0 unspecified atom stereocenters. The van der Waals surface area contributed by atoms with Gasteiger partial charge in [-0.1, -0.05) is 23.9 Å². The summed E-state index contributed by atoms with van der Waals surface area (Å²) in [6, 6.07) is 13.7. The Balaban J connectivity index is 1.65. The van der Waals surface area contributed by atoms with E-state index in [0.29, 0.717) is 17.1 Å². The van der Waals surface area contributed by atoms with Gasteiger partial charge in [0.25, 0.3) is 5.91 Å². The van der Waals surface area contributed by atoms with Crippen LogP contribution in [0.5, 0.6) is 0 Å². The van der Waals surface area contributed by atoms with Crippen LogP contribution in [0.25, 0.3) is 10.9 Å². The highest BCUT2D eigenvalue weighted by molar-refractivity contribution is 14.1. The Hall–Kier alpha value is -2.07. The van der Waals surface area contributed by atoms with E-state index < -0.39 is 11.7 Å². The molecule has 1 aliphatic carbocycles. The Bertz CT molecular complexity index is 1130. The van der Waals surface area contributed by atoms with Crippen molar-refractivity contribution in [2.24, 2.45) is 0 Å². The van der Waals surface area contributed by atoms with Crippen LogP contribution in [0.1, 0.15) is 44.0 Å². The normalized spacial score (nSPS) is 14.0. The van der Waals surface area contributed by atoms with E-state index >= 15 is 0 Å². The minimum absolute atomic E-state index is 0.0463. The second kappa shape index (κ2) is 8.22. The molecule has 2 aromatic carbocycles. The van der Waals surface area contributed by atoms with Gasteiger partial charge in [0, 0.05) is 21.2 Å². The van der Waals surface area contributed by atoms with Gasteiger partial charge in [0.05, 0.1) is 11.1 Å². The Labute approximate surface area is 192 Å². The molecular formula is C22H22IN3O3S. The van der Waals surface area contributed by atoms with Crippen LogP contribution in [-0.2, 0) is 4.74 Å². The number of nitrogens with zero attached hydrogens (tertiary/aromatic N) is 2. The number of amides is 1. The van der Waals surface area contributed by atoms with E-state index in [1.807, 2.05) is 63.2 Å². The van der Waals surface area contributed by atoms with E-state index in [4.69, 9.17) is 4.74 Å². The molecular weight excluding hydrogens is 513 g/mol. The molecule has 6 nitrogen and oxygen atoms in total. The molecule has 0 atom stereocenters. The van der Waals surface area contributed by atoms with Crippen molar-refractivity contribution in [1.29, 1.82) is 0 Å². The molecule has 156 valence electrons. The molecule has 1 fully saturated rings. The third-order valence-corrected chi connectivity index (χ3v) is 6.31.